The van der Waals surface area contributed by atoms with Crippen LogP contribution in [0.25, 0.3) is 22.3 Å². The van der Waals surface area contributed by atoms with E-state index in [2.05, 4.69) is 208 Å². The van der Waals surface area contributed by atoms with Gasteiger partial charge in [0.05, 0.1) is 0 Å². The lowest BCUT2D eigenvalue weighted by Crippen LogP contribution is -1.99. The first-order chi connectivity index (χ1) is 17.1. The van der Waals surface area contributed by atoms with E-state index in [0.717, 1.165) is 68.7 Å². The van der Waals surface area contributed by atoms with Crippen molar-refractivity contribution < 1.29 is 0 Å². The maximum Gasteiger partial charge on any atom is 0.0482 e. The first-order valence-electron chi connectivity index (χ1n) is 10.3. The summed E-state index contributed by atoms with van der Waals surface area (Å²) in [5.74, 6) is 0. The normalized spacial score (nSPS) is 11.3. The van der Waals surface area contributed by atoms with Crippen molar-refractivity contribution in [3.8, 4) is 22.3 Å². The average molecular weight is 1120 g/mol. The lowest BCUT2D eigenvalue weighted by atomic mass is 9.92. The van der Waals surface area contributed by atoms with Crippen LogP contribution < -0.4 is 0 Å². The Bertz CT molecular complexity index is 1320. The van der Waals surface area contributed by atoms with Gasteiger partial charge in [0.1, 0.15) is 0 Å². The summed E-state index contributed by atoms with van der Waals surface area (Å²) in [6.45, 7) is 0. The fourth-order valence-electron chi connectivity index (χ4n) is 3.92. The molecule has 0 aliphatic carbocycles. The SMILES string of the molecule is Brc1c(Br)c(Br)c(-c2ccccc2CCc2ccccc2-c2c(Br)c(Br)c(Br)c(Br)c2Br)c(Br)c1Br. The maximum absolute atomic E-state index is 3.81. The standard InChI is InChI=1S/C26H12Br10/c27-17-15(18(28)22(32)25(35)21(17)31)13-7-3-1-5-11(13)9-10-12-6-2-4-8-14(12)16-19(29)23(33)26(36)24(34)20(16)30/h1-8H,9-10H2. The molecule has 0 saturated carbocycles. The summed E-state index contributed by atoms with van der Waals surface area (Å²) >= 11 is 37.4. The predicted octanol–water partition coefficient (Wildman–Crippen LogP) is 14.4. The van der Waals surface area contributed by atoms with Gasteiger partial charge in [-0.25, -0.2) is 0 Å². The van der Waals surface area contributed by atoms with Crippen molar-refractivity contribution in [2.45, 2.75) is 12.8 Å². The molecule has 0 nitrogen and oxygen atoms in total. The van der Waals surface area contributed by atoms with Crippen molar-refractivity contribution in [3.05, 3.63) is 104 Å². The Kier molecular flexibility index (Phi) is 11.2. The molecule has 36 heavy (non-hydrogen) atoms. The van der Waals surface area contributed by atoms with Crippen molar-refractivity contribution in [1.29, 1.82) is 0 Å². The third-order valence-electron chi connectivity index (χ3n) is 5.66. The molecule has 0 bridgehead atoms. The van der Waals surface area contributed by atoms with Crippen molar-refractivity contribution in [3.63, 3.8) is 0 Å². The Hall–Kier alpha value is 1.68. The highest BCUT2D eigenvalue weighted by atomic mass is 79.9. The third kappa shape index (κ3) is 5.98. The molecule has 0 unspecified atom stereocenters. The van der Waals surface area contributed by atoms with Crippen LogP contribution in [-0.4, -0.2) is 0 Å². The molecule has 0 spiro atoms. The first kappa shape index (κ1) is 30.6. The minimum Gasteiger partial charge on any atom is -0.0620 e. The number of hydrogen-bond donors (Lipinski definition) is 0. The smallest absolute Gasteiger partial charge is 0.0482 e. The van der Waals surface area contributed by atoms with Gasteiger partial charge < -0.3 is 0 Å². The summed E-state index contributed by atoms with van der Waals surface area (Å²) in [5, 5.41) is 0. The van der Waals surface area contributed by atoms with Gasteiger partial charge in [0, 0.05) is 55.9 Å². The Labute approximate surface area is 294 Å². The molecule has 0 atom stereocenters. The summed E-state index contributed by atoms with van der Waals surface area (Å²) in [4.78, 5) is 0. The number of benzene rings is 4. The van der Waals surface area contributed by atoms with Crippen LogP contribution in [-0.2, 0) is 12.8 Å². The third-order valence-corrected chi connectivity index (χ3v) is 17.8. The molecule has 0 amide bonds. The number of aryl methyl sites for hydroxylation is 2. The van der Waals surface area contributed by atoms with Crippen molar-refractivity contribution in [2.75, 3.05) is 0 Å². The molecule has 0 N–H and O–H groups in total. The van der Waals surface area contributed by atoms with Crippen LogP contribution in [0, 0.1) is 0 Å². The zero-order valence-electron chi connectivity index (χ0n) is 17.8. The van der Waals surface area contributed by atoms with Crippen LogP contribution in [0.5, 0.6) is 0 Å². The minimum absolute atomic E-state index is 0.880. The summed E-state index contributed by atoms with van der Waals surface area (Å²) in [6.07, 6.45) is 1.76. The van der Waals surface area contributed by atoms with Gasteiger partial charge in [0.2, 0.25) is 0 Å². The lowest BCUT2D eigenvalue weighted by molar-refractivity contribution is 0.963. The van der Waals surface area contributed by atoms with Gasteiger partial charge >= 0.3 is 0 Å². The van der Waals surface area contributed by atoms with E-state index in [4.69, 9.17) is 0 Å². The van der Waals surface area contributed by atoms with Gasteiger partial charge in [-0.1, -0.05) is 48.5 Å². The Morgan fingerprint density at radius 3 is 0.889 bits per heavy atom. The first-order valence-corrected chi connectivity index (χ1v) is 18.2. The molecule has 0 aliphatic heterocycles. The Balaban J connectivity index is 1.78. The van der Waals surface area contributed by atoms with E-state index < -0.39 is 0 Å². The molecule has 0 aliphatic rings. The van der Waals surface area contributed by atoms with Crippen LogP contribution in [0.4, 0.5) is 0 Å². The molecule has 4 rings (SSSR count). The molecular formula is C26H12Br10. The Morgan fingerprint density at radius 2 is 0.583 bits per heavy atom. The van der Waals surface area contributed by atoms with Crippen LogP contribution in [0.15, 0.2) is 93.3 Å². The number of halogens is 10. The highest BCUT2D eigenvalue weighted by Crippen LogP contribution is 2.51. The average Bonchev–Trinajstić information content (AvgIpc) is 2.88. The largest absolute Gasteiger partial charge is 0.0620 e. The molecule has 0 radical (unpaired) electrons. The monoisotopic (exact) mass is 1110 g/mol. The van der Waals surface area contributed by atoms with Gasteiger partial charge in [-0.15, -0.1) is 0 Å². The van der Waals surface area contributed by atoms with Crippen molar-refractivity contribution in [1.82, 2.24) is 0 Å². The van der Waals surface area contributed by atoms with Crippen LogP contribution in [0.1, 0.15) is 11.1 Å². The van der Waals surface area contributed by atoms with E-state index >= 15 is 0 Å². The van der Waals surface area contributed by atoms with E-state index in [1.54, 1.807) is 0 Å². The summed E-state index contributed by atoms with van der Waals surface area (Å²) < 4.78 is 9.76. The molecule has 0 saturated heterocycles. The number of rotatable bonds is 5. The molecule has 186 valence electrons. The number of hydrogen-bond acceptors (Lipinski definition) is 0. The summed E-state index contributed by atoms with van der Waals surface area (Å²) in [6, 6.07) is 17.1. The second kappa shape index (κ2) is 13.1. The van der Waals surface area contributed by atoms with E-state index in [-0.39, 0.29) is 0 Å². The second-order valence-corrected chi connectivity index (χ2v) is 15.6. The highest BCUT2D eigenvalue weighted by Gasteiger charge is 2.22. The molecule has 0 heterocycles. The van der Waals surface area contributed by atoms with Crippen molar-refractivity contribution in [2.24, 2.45) is 0 Å². The maximum atomic E-state index is 3.81. The van der Waals surface area contributed by atoms with Crippen LogP contribution in [0.2, 0.25) is 0 Å². The van der Waals surface area contributed by atoms with Crippen molar-refractivity contribution >= 4 is 159 Å². The van der Waals surface area contributed by atoms with Gasteiger partial charge in [-0.3, -0.25) is 0 Å². The molecule has 4 aromatic rings. The summed E-state index contributed by atoms with van der Waals surface area (Å²) in [7, 11) is 0. The fraction of sp³-hybridized carbons (Fsp3) is 0.0769. The molecule has 0 aromatic heterocycles. The summed E-state index contributed by atoms with van der Waals surface area (Å²) in [5.41, 5.74) is 7.11. The van der Waals surface area contributed by atoms with E-state index in [1.165, 1.54) is 22.3 Å². The van der Waals surface area contributed by atoms with Gasteiger partial charge in [0.15, 0.2) is 0 Å². The zero-order valence-corrected chi connectivity index (χ0v) is 33.7. The molecule has 4 aromatic carbocycles. The van der Waals surface area contributed by atoms with E-state index in [1.807, 2.05) is 0 Å². The highest BCUT2D eigenvalue weighted by molar-refractivity contribution is 9.16. The second-order valence-electron chi connectivity index (χ2n) is 7.70. The van der Waals surface area contributed by atoms with E-state index in [0.29, 0.717) is 0 Å². The van der Waals surface area contributed by atoms with Crippen LogP contribution >= 0.6 is 159 Å². The van der Waals surface area contributed by atoms with Gasteiger partial charge in [-0.2, -0.15) is 0 Å². The van der Waals surface area contributed by atoms with Crippen LogP contribution in [0.3, 0.4) is 0 Å². The zero-order chi connectivity index (χ0) is 26.3. The minimum atomic E-state index is 0.880. The van der Waals surface area contributed by atoms with Gasteiger partial charge in [-0.05, 0) is 194 Å². The fourth-order valence-corrected chi connectivity index (χ4v) is 10.9. The quantitative estimate of drug-likeness (QED) is 0.138. The Morgan fingerprint density at radius 1 is 0.333 bits per heavy atom. The predicted molar refractivity (Wildman–Crippen MR) is 188 cm³/mol. The van der Waals surface area contributed by atoms with Gasteiger partial charge in [0.25, 0.3) is 0 Å². The van der Waals surface area contributed by atoms with E-state index in [9.17, 15) is 0 Å². The molecule has 0 fully saturated rings. The topological polar surface area (TPSA) is 0 Å². The molecular weight excluding hydrogens is 1110 g/mol. The lowest BCUT2D eigenvalue weighted by Gasteiger charge is -2.19. The molecule has 10 heteroatoms.